The van der Waals surface area contributed by atoms with Gasteiger partial charge in [0, 0.05) is 11.2 Å². The standard InChI is InChI=1S/C13H17N3O2/c1-13(2,3)16-7-10(17)15-9-6-4-5-8(14)11(9)12(16)18/h4-6H,7,14H2,1-3H3,(H,15,17). The highest BCUT2D eigenvalue weighted by Gasteiger charge is 2.34. The summed E-state index contributed by atoms with van der Waals surface area (Å²) in [7, 11) is 0. The van der Waals surface area contributed by atoms with Crippen molar-refractivity contribution in [3.8, 4) is 0 Å². The Morgan fingerprint density at radius 3 is 2.56 bits per heavy atom. The molecule has 0 radical (unpaired) electrons. The van der Waals surface area contributed by atoms with Crippen LogP contribution in [0.2, 0.25) is 0 Å². The number of nitrogens with two attached hydrogens (primary N) is 1. The largest absolute Gasteiger partial charge is 0.398 e. The molecular weight excluding hydrogens is 230 g/mol. The van der Waals surface area contributed by atoms with Gasteiger partial charge >= 0.3 is 0 Å². The van der Waals surface area contributed by atoms with Crippen molar-refractivity contribution in [3.63, 3.8) is 0 Å². The van der Waals surface area contributed by atoms with Gasteiger partial charge in [-0.05, 0) is 32.9 Å². The lowest BCUT2D eigenvalue weighted by Crippen LogP contribution is -2.47. The molecule has 0 atom stereocenters. The van der Waals surface area contributed by atoms with Crippen molar-refractivity contribution >= 4 is 23.2 Å². The number of fused-ring (bicyclic) bond motifs is 1. The minimum atomic E-state index is -0.432. The van der Waals surface area contributed by atoms with Gasteiger partial charge < -0.3 is 16.0 Å². The van der Waals surface area contributed by atoms with Crippen LogP contribution in [-0.4, -0.2) is 28.8 Å². The molecule has 2 amide bonds. The zero-order valence-corrected chi connectivity index (χ0v) is 10.8. The van der Waals surface area contributed by atoms with Crippen molar-refractivity contribution in [2.75, 3.05) is 17.6 Å². The zero-order valence-electron chi connectivity index (χ0n) is 10.8. The van der Waals surface area contributed by atoms with Crippen molar-refractivity contribution in [1.82, 2.24) is 4.90 Å². The zero-order chi connectivity index (χ0) is 13.5. The van der Waals surface area contributed by atoms with Gasteiger partial charge in [-0.3, -0.25) is 9.59 Å². The van der Waals surface area contributed by atoms with E-state index in [-0.39, 0.29) is 18.4 Å². The Labute approximate surface area is 106 Å². The van der Waals surface area contributed by atoms with Crippen LogP contribution >= 0.6 is 0 Å². The summed E-state index contributed by atoms with van der Waals surface area (Å²) in [6.07, 6.45) is 0. The molecule has 3 N–H and O–H groups in total. The highest BCUT2D eigenvalue weighted by Crippen LogP contribution is 2.29. The predicted molar refractivity (Wildman–Crippen MR) is 70.3 cm³/mol. The molecule has 0 fully saturated rings. The fourth-order valence-corrected chi connectivity index (χ4v) is 1.99. The van der Waals surface area contributed by atoms with E-state index in [1.54, 1.807) is 18.2 Å². The first-order valence-electron chi connectivity index (χ1n) is 5.81. The minimum Gasteiger partial charge on any atom is -0.398 e. The first-order chi connectivity index (χ1) is 8.30. The summed E-state index contributed by atoms with van der Waals surface area (Å²) >= 11 is 0. The van der Waals surface area contributed by atoms with E-state index in [9.17, 15) is 9.59 Å². The van der Waals surface area contributed by atoms with Crippen molar-refractivity contribution in [1.29, 1.82) is 0 Å². The molecule has 0 bridgehead atoms. The van der Waals surface area contributed by atoms with E-state index in [0.29, 0.717) is 16.9 Å². The molecule has 1 aliphatic rings. The van der Waals surface area contributed by atoms with Crippen LogP contribution in [0.15, 0.2) is 18.2 Å². The summed E-state index contributed by atoms with van der Waals surface area (Å²) in [5.41, 5.74) is 6.66. The Morgan fingerprint density at radius 1 is 1.28 bits per heavy atom. The number of hydrogen-bond acceptors (Lipinski definition) is 3. The van der Waals surface area contributed by atoms with E-state index < -0.39 is 5.54 Å². The van der Waals surface area contributed by atoms with E-state index in [4.69, 9.17) is 5.73 Å². The number of hydrogen-bond donors (Lipinski definition) is 2. The van der Waals surface area contributed by atoms with Gasteiger partial charge in [-0.25, -0.2) is 0 Å². The van der Waals surface area contributed by atoms with Crippen molar-refractivity contribution < 1.29 is 9.59 Å². The van der Waals surface area contributed by atoms with Gasteiger partial charge in [-0.2, -0.15) is 0 Å². The van der Waals surface area contributed by atoms with Crippen LogP contribution in [0.3, 0.4) is 0 Å². The van der Waals surface area contributed by atoms with Gasteiger partial charge in [-0.15, -0.1) is 0 Å². The second-order valence-corrected chi connectivity index (χ2v) is 5.38. The number of nitrogens with one attached hydrogen (secondary N) is 1. The normalized spacial score (nSPS) is 16.1. The molecule has 5 heteroatoms. The fourth-order valence-electron chi connectivity index (χ4n) is 1.99. The van der Waals surface area contributed by atoms with Gasteiger partial charge in [-0.1, -0.05) is 6.07 Å². The third kappa shape index (κ3) is 2.03. The maximum absolute atomic E-state index is 12.5. The maximum Gasteiger partial charge on any atom is 0.258 e. The Kier molecular flexibility index (Phi) is 2.77. The first kappa shape index (κ1) is 12.4. The van der Waals surface area contributed by atoms with Crippen LogP contribution in [0.5, 0.6) is 0 Å². The molecule has 1 heterocycles. The summed E-state index contributed by atoms with van der Waals surface area (Å²) in [4.78, 5) is 25.8. The second kappa shape index (κ2) is 4.01. The Balaban J connectivity index is 2.58. The second-order valence-electron chi connectivity index (χ2n) is 5.38. The van der Waals surface area contributed by atoms with E-state index in [1.165, 1.54) is 4.90 Å². The number of rotatable bonds is 0. The number of nitrogen functional groups attached to an aromatic ring is 1. The van der Waals surface area contributed by atoms with Crippen molar-refractivity contribution in [2.24, 2.45) is 0 Å². The third-order valence-corrected chi connectivity index (χ3v) is 2.94. The van der Waals surface area contributed by atoms with Crippen LogP contribution in [0.1, 0.15) is 31.1 Å². The molecule has 1 aromatic carbocycles. The average molecular weight is 247 g/mol. The number of carbonyl (C=O) groups is 2. The Hall–Kier alpha value is -2.04. The molecule has 96 valence electrons. The van der Waals surface area contributed by atoms with Gasteiger partial charge in [0.1, 0.15) is 6.54 Å². The fraction of sp³-hybridized carbons (Fsp3) is 0.385. The van der Waals surface area contributed by atoms with Crippen LogP contribution in [0.25, 0.3) is 0 Å². The monoisotopic (exact) mass is 247 g/mol. The number of amides is 2. The van der Waals surface area contributed by atoms with Gasteiger partial charge in [0.05, 0.1) is 11.3 Å². The molecule has 0 aliphatic carbocycles. The minimum absolute atomic E-state index is 0.0381. The topological polar surface area (TPSA) is 75.4 Å². The van der Waals surface area contributed by atoms with Gasteiger partial charge in [0.15, 0.2) is 0 Å². The number of nitrogens with zero attached hydrogens (tertiary/aromatic N) is 1. The van der Waals surface area contributed by atoms with Crippen molar-refractivity contribution in [3.05, 3.63) is 23.8 Å². The SMILES string of the molecule is CC(C)(C)N1CC(=O)Nc2cccc(N)c2C1=O. The molecule has 1 aliphatic heterocycles. The summed E-state index contributed by atoms with van der Waals surface area (Å²) in [5.74, 6) is -0.420. The van der Waals surface area contributed by atoms with E-state index in [1.807, 2.05) is 20.8 Å². The van der Waals surface area contributed by atoms with E-state index in [0.717, 1.165) is 0 Å². The molecule has 0 aromatic heterocycles. The Bertz CT molecular complexity index is 517. The van der Waals surface area contributed by atoms with Gasteiger partial charge in [0.2, 0.25) is 5.91 Å². The number of anilines is 2. The van der Waals surface area contributed by atoms with Crippen LogP contribution in [0, 0.1) is 0 Å². The molecule has 0 saturated carbocycles. The average Bonchev–Trinajstić information content (AvgIpc) is 2.36. The smallest absolute Gasteiger partial charge is 0.258 e. The predicted octanol–water partition coefficient (Wildman–Crippen LogP) is 1.46. The molecule has 5 nitrogen and oxygen atoms in total. The number of benzene rings is 1. The summed E-state index contributed by atoms with van der Waals surface area (Å²) < 4.78 is 0. The lowest BCUT2D eigenvalue weighted by atomic mass is 10.0. The maximum atomic E-state index is 12.5. The highest BCUT2D eigenvalue weighted by molar-refractivity contribution is 6.11. The molecule has 0 spiro atoms. The number of carbonyl (C=O) groups excluding carboxylic acids is 2. The van der Waals surface area contributed by atoms with Crippen LogP contribution < -0.4 is 11.1 Å². The molecule has 1 aromatic rings. The van der Waals surface area contributed by atoms with Crippen LogP contribution in [-0.2, 0) is 4.79 Å². The molecule has 0 saturated heterocycles. The molecular formula is C13H17N3O2. The quantitative estimate of drug-likeness (QED) is 0.681. The summed E-state index contributed by atoms with van der Waals surface area (Å²) in [5, 5.41) is 2.71. The van der Waals surface area contributed by atoms with Gasteiger partial charge in [0.25, 0.3) is 5.91 Å². The molecule has 18 heavy (non-hydrogen) atoms. The summed E-state index contributed by atoms with van der Waals surface area (Å²) in [6, 6.07) is 5.07. The highest BCUT2D eigenvalue weighted by atomic mass is 16.2. The Morgan fingerprint density at radius 2 is 1.94 bits per heavy atom. The van der Waals surface area contributed by atoms with Crippen LogP contribution in [0.4, 0.5) is 11.4 Å². The lowest BCUT2D eigenvalue weighted by Gasteiger charge is -2.34. The van der Waals surface area contributed by atoms with E-state index >= 15 is 0 Å². The van der Waals surface area contributed by atoms with Crippen molar-refractivity contribution in [2.45, 2.75) is 26.3 Å². The first-order valence-corrected chi connectivity index (χ1v) is 5.81. The lowest BCUT2D eigenvalue weighted by molar-refractivity contribution is -0.117. The molecule has 0 unspecified atom stereocenters. The summed E-state index contributed by atoms with van der Waals surface area (Å²) in [6.45, 7) is 5.71. The van der Waals surface area contributed by atoms with E-state index in [2.05, 4.69) is 5.32 Å². The third-order valence-electron chi connectivity index (χ3n) is 2.94. The molecule has 2 rings (SSSR count).